The van der Waals surface area contributed by atoms with E-state index in [0.29, 0.717) is 48.4 Å². The van der Waals surface area contributed by atoms with Crippen LogP contribution < -0.4 is 11.2 Å². The predicted octanol–water partition coefficient (Wildman–Crippen LogP) is 4.18. The van der Waals surface area contributed by atoms with Crippen molar-refractivity contribution in [3.63, 3.8) is 0 Å². The zero-order valence-electron chi connectivity index (χ0n) is 19.9. The van der Waals surface area contributed by atoms with Gasteiger partial charge in [0.25, 0.3) is 11.5 Å². The monoisotopic (exact) mass is 554 g/mol. The third-order valence-corrected chi connectivity index (χ3v) is 7.80. The Morgan fingerprint density at radius 2 is 1.89 bits per heavy atom. The summed E-state index contributed by atoms with van der Waals surface area (Å²) in [5.74, 6) is -1.03. The molecule has 5 heterocycles. The molecule has 0 atom stereocenters. The Hall–Kier alpha value is -3.89. The molecule has 0 spiro atoms. The number of nitrogens with one attached hydrogen (secondary N) is 2. The predicted molar refractivity (Wildman–Crippen MR) is 142 cm³/mol. The van der Waals surface area contributed by atoms with E-state index >= 15 is 0 Å². The van der Waals surface area contributed by atoms with Crippen molar-refractivity contribution in [2.45, 2.75) is 25.3 Å². The zero-order valence-corrected chi connectivity index (χ0v) is 21.4. The number of halogens is 3. The largest absolute Gasteiger partial charge is 0.338 e. The van der Waals surface area contributed by atoms with Crippen LogP contribution in [-0.4, -0.2) is 47.8 Å². The first-order valence-electron chi connectivity index (χ1n) is 12.0. The lowest BCUT2D eigenvalue weighted by Crippen LogP contribution is -2.40. The molecule has 0 saturated carbocycles. The fourth-order valence-electron chi connectivity index (χ4n) is 5.20. The Morgan fingerprint density at radius 3 is 2.68 bits per heavy atom. The zero-order chi connectivity index (χ0) is 26.6. The molecular weight excluding hydrogens is 534 g/mol. The maximum absolute atomic E-state index is 14.8. The molecule has 0 bridgehead atoms. The number of carbonyl (C=O) groups excluding carboxylic acids is 1. The normalized spacial score (nSPS) is 14.6. The molecule has 194 valence electrons. The fraction of sp³-hybridized carbons (Fsp3) is 0.231. The van der Waals surface area contributed by atoms with Gasteiger partial charge in [-0.2, -0.15) is 0 Å². The smallest absolute Gasteiger partial charge is 0.327 e. The number of nitrogens with zero attached hydrogens (tertiary/aromatic N) is 4. The molecule has 0 aliphatic carbocycles. The second-order valence-corrected chi connectivity index (χ2v) is 10.1. The summed E-state index contributed by atoms with van der Waals surface area (Å²) in [7, 11) is 0. The number of fused-ring (bicyclic) bond motifs is 2. The van der Waals surface area contributed by atoms with Crippen molar-refractivity contribution in [3.8, 4) is 0 Å². The molecule has 1 aliphatic heterocycles. The topological polar surface area (TPSA) is 108 Å². The fourth-order valence-corrected chi connectivity index (χ4v) is 5.64. The van der Waals surface area contributed by atoms with E-state index in [0.717, 1.165) is 5.52 Å². The summed E-state index contributed by atoms with van der Waals surface area (Å²) in [5.41, 5.74) is 2.22. The van der Waals surface area contributed by atoms with Crippen molar-refractivity contribution < 1.29 is 9.18 Å². The van der Waals surface area contributed by atoms with Gasteiger partial charge in [-0.05, 0) is 48.7 Å². The van der Waals surface area contributed by atoms with Crippen molar-refractivity contribution in [3.05, 3.63) is 102 Å². The summed E-state index contributed by atoms with van der Waals surface area (Å²) in [6.07, 6.45) is 4.52. The third-order valence-electron chi connectivity index (χ3n) is 7.04. The van der Waals surface area contributed by atoms with E-state index in [1.807, 2.05) is 6.07 Å². The van der Waals surface area contributed by atoms with Crippen LogP contribution in [0, 0.1) is 5.82 Å². The van der Waals surface area contributed by atoms with Gasteiger partial charge in [-0.3, -0.25) is 23.5 Å². The molecule has 4 aromatic heterocycles. The molecule has 1 amide bonds. The van der Waals surface area contributed by atoms with Crippen LogP contribution >= 0.6 is 23.2 Å². The molecule has 9 nitrogen and oxygen atoms in total. The minimum absolute atomic E-state index is 0.0354. The molecular formula is C26H21Cl2FN6O3. The lowest BCUT2D eigenvalue weighted by molar-refractivity contribution is 0.0690. The number of piperidine rings is 1. The first-order valence-corrected chi connectivity index (χ1v) is 12.8. The van der Waals surface area contributed by atoms with Gasteiger partial charge in [0, 0.05) is 43.6 Å². The number of rotatable bonds is 4. The molecule has 38 heavy (non-hydrogen) atoms. The number of carbonyl (C=O) groups is 1. The average molecular weight is 555 g/mol. The summed E-state index contributed by atoms with van der Waals surface area (Å²) in [6, 6.07) is 9.38. The van der Waals surface area contributed by atoms with Gasteiger partial charge in [0.05, 0.1) is 16.1 Å². The quantitative estimate of drug-likeness (QED) is 0.347. The number of hydrogen-bond acceptors (Lipinski definition) is 4. The van der Waals surface area contributed by atoms with Crippen LogP contribution in [0.3, 0.4) is 0 Å². The lowest BCUT2D eigenvalue weighted by Gasteiger charge is -2.32. The van der Waals surface area contributed by atoms with Crippen LogP contribution in [0.5, 0.6) is 0 Å². The number of imidazole rings is 1. The Balaban J connectivity index is 1.23. The summed E-state index contributed by atoms with van der Waals surface area (Å²) in [5, 5.41) is 0.447. The molecule has 0 unspecified atom stereocenters. The van der Waals surface area contributed by atoms with E-state index in [1.165, 1.54) is 24.4 Å². The minimum Gasteiger partial charge on any atom is -0.338 e. The van der Waals surface area contributed by atoms with Crippen molar-refractivity contribution in [1.82, 2.24) is 28.8 Å². The second kappa shape index (κ2) is 9.45. The van der Waals surface area contributed by atoms with Gasteiger partial charge in [-0.15, -0.1) is 0 Å². The van der Waals surface area contributed by atoms with Gasteiger partial charge in [0.2, 0.25) is 0 Å². The van der Waals surface area contributed by atoms with Gasteiger partial charge in [0.1, 0.15) is 16.5 Å². The number of aromatic amines is 2. The average Bonchev–Trinajstić information content (AvgIpc) is 3.42. The highest BCUT2D eigenvalue weighted by atomic mass is 35.5. The molecule has 2 N–H and O–H groups in total. The number of amides is 1. The Labute approximate surface area is 224 Å². The van der Waals surface area contributed by atoms with Crippen LogP contribution in [0.25, 0.3) is 16.7 Å². The number of benzene rings is 1. The van der Waals surface area contributed by atoms with E-state index in [4.69, 9.17) is 23.2 Å². The maximum atomic E-state index is 14.8. The first kappa shape index (κ1) is 24.4. The number of likely N-dealkylation sites (tertiary alicyclic amines) is 1. The molecule has 1 saturated heterocycles. The Morgan fingerprint density at radius 1 is 1.11 bits per heavy atom. The number of hydrogen-bond donors (Lipinski definition) is 2. The SMILES string of the molecule is O=C(c1cc(Cc2c[nH]c(=O)c3cc(Cl)c(Cl)n23)ccc1F)N1CCC(n2c(=O)[nH]c3ncccc32)CC1. The van der Waals surface area contributed by atoms with Crippen LogP contribution in [0.15, 0.2) is 58.4 Å². The Bertz CT molecular complexity index is 1830. The summed E-state index contributed by atoms with van der Waals surface area (Å²) in [4.78, 5) is 49.3. The van der Waals surface area contributed by atoms with Crippen LogP contribution in [0.2, 0.25) is 10.2 Å². The van der Waals surface area contributed by atoms with Crippen molar-refractivity contribution in [1.29, 1.82) is 0 Å². The van der Waals surface area contributed by atoms with Crippen LogP contribution in [-0.2, 0) is 6.42 Å². The standard InChI is InChI=1S/C26H21Cl2FN6O3/c27-18-12-21-24(36)31-13-16(34(21)22(18)28)10-14-3-4-19(29)17(11-14)25(37)33-8-5-15(6-9-33)35-20-2-1-7-30-23(20)32-26(35)38/h1-4,7,11-13,15H,5-6,8-10H2,(H,31,36)(H,30,32,38). The number of aromatic nitrogens is 5. The van der Waals surface area contributed by atoms with Gasteiger partial charge in [-0.25, -0.2) is 14.2 Å². The molecule has 6 rings (SSSR count). The summed E-state index contributed by atoms with van der Waals surface area (Å²) < 4.78 is 18.1. The van der Waals surface area contributed by atoms with Crippen molar-refractivity contribution in [2.24, 2.45) is 0 Å². The highest BCUT2D eigenvalue weighted by Gasteiger charge is 2.28. The lowest BCUT2D eigenvalue weighted by atomic mass is 10.0. The summed E-state index contributed by atoms with van der Waals surface area (Å²) in [6.45, 7) is 0.759. The molecule has 12 heteroatoms. The van der Waals surface area contributed by atoms with Gasteiger partial charge in [-0.1, -0.05) is 29.3 Å². The Kier molecular flexibility index (Phi) is 6.08. The van der Waals surface area contributed by atoms with Crippen molar-refractivity contribution >= 4 is 45.8 Å². The van der Waals surface area contributed by atoms with Crippen LogP contribution in [0.4, 0.5) is 4.39 Å². The molecule has 1 aliphatic rings. The molecule has 1 aromatic carbocycles. The van der Waals surface area contributed by atoms with Gasteiger partial charge < -0.3 is 9.88 Å². The van der Waals surface area contributed by atoms with E-state index in [-0.39, 0.29) is 39.5 Å². The van der Waals surface area contributed by atoms with E-state index < -0.39 is 11.7 Å². The van der Waals surface area contributed by atoms with E-state index in [9.17, 15) is 18.8 Å². The maximum Gasteiger partial charge on any atom is 0.327 e. The molecule has 0 radical (unpaired) electrons. The molecule has 1 fully saturated rings. The van der Waals surface area contributed by atoms with Crippen molar-refractivity contribution in [2.75, 3.05) is 13.1 Å². The van der Waals surface area contributed by atoms with Crippen LogP contribution in [0.1, 0.15) is 40.5 Å². The highest BCUT2D eigenvalue weighted by molar-refractivity contribution is 6.42. The van der Waals surface area contributed by atoms with E-state index in [1.54, 1.807) is 32.2 Å². The summed E-state index contributed by atoms with van der Waals surface area (Å²) >= 11 is 12.4. The van der Waals surface area contributed by atoms with Gasteiger partial charge >= 0.3 is 5.69 Å². The molecule has 5 aromatic rings. The highest BCUT2D eigenvalue weighted by Crippen LogP contribution is 2.28. The third kappa shape index (κ3) is 4.10. The minimum atomic E-state index is -0.617. The first-order chi connectivity index (χ1) is 18.3. The van der Waals surface area contributed by atoms with E-state index in [2.05, 4.69) is 15.0 Å². The number of pyridine rings is 1. The second-order valence-electron chi connectivity index (χ2n) is 9.30. The van der Waals surface area contributed by atoms with Gasteiger partial charge in [0.15, 0.2) is 5.65 Å². The number of H-pyrrole nitrogens is 2.